The van der Waals surface area contributed by atoms with Gasteiger partial charge in [0.05, 0.1) is 6.61 Å². The summed E-state index contributed by atoms with van der Waals surface area (Å²) in [5.74, 6) is -0.904. The molecule has 0 aromatic carbocycles. The Morgan fingerprint density at radius 1 is 1.00 bits per heavy atom. The summed E-state index contributed by atoms with van der Waals surface area (Å²) in [6.07, 6.45) is 3.90. The Bertz CT molecular complexity index is 363. The van der Waals surface area contributed by atoms with Gasteiger partial charge in [0.1, 0.15) is 0 Å². The third-order valence-corrected chi connectivity index (χ3v) is 5.70. The predicted molar refractivity (Wildman–Crippen MR) is 85.4 cm³/mol. The van der Waals surface area contributed by atoms with E-state index in [0.29, 0.717) is 32.3 Å². The van der Waals surface area contributed by atoms with Crippen LogP contribution in [0.5, 0.6) is 0 Å². The average Bonchev–Trinajstić information content (AvgIpc) is 2.50. The molecule has 0 fully saturated rings. The second kappa shape index (κ2) is 12.3. The Kier molecular flexibility index (Phi) is 11.6. The van der Waals surface area contributed by atoms with Crippen LogP contribution in [0.15, 0.2) is 24.8 Å². The minimum Gasteiger partial charge on any atom is -0.463 e. The van der Waals surface area contributed by atoms with Crippen molar-refractivity contribution in [3.63, 3.8) is 0 Å². The quantitative estimate of drug-likeness (QED) is 0.223. The van der Waals surface area contributed by atoms with Gasteiger partial charge in [-0.1, -0.05) is 6.58 Å². The summed E-state index contributed by atoms with van der Waals surface area (Å²) >= 11 is 0. The number of ketones is 1. The Balaban J connectivity index is 4.26. The topological polar surface area (TPSA) is 71.1 Å². The zero-order chi connectivity index (χ0) is 16.8. The number of carbonyl (C=O) groups excluding carboxylic acids is 2. The lowest BCUT2D eigenvalue weighted by Gasteiger charge is -2.28. The molecule has 0 unspecified atom stereocenters. The van der Waals surface area contributed by atoms with Crippen LogP contribution in [-0.4, -0.2) is 47.0 Å². The van der Waals surface area contributed by atoms with Crippen LogP contribution in [0.25, 0.3) is 0 Å². The number of allylic oxidation sites excluding steroid dienone is 2. The molecule has 0 N–H and O–H groups in total. The lowest BCUT2D eigenvalue weighted by Crippen LogP contribution is -2.46. The van der Waals surface area contributed by atoms with Crippen molar-refractivity contribution < 1.29 is 27.6 Å². The molecule has 0 aliphatic rings. The van der Waals surface area contributed by atoms with E-state index in [1.807, 2.05) is 20.8 Å². The van der Waals surface area contributed by atoms with E-state index in [1.165, 1.54) is 0 Å². The molecule has 6 nitrogen and oxygen atoms in total. The van der Waals surface area contributed by atoms with Crippen LogP contribution in [0.3, 0.4) is 0 Å². The van der Waals surface area contributed by atoms with Crippen LogP contribution in [0.2, 0.25) is 6.04 Å². The normalized spacial score (nSPS) is 11.6. The maximum atomic E-state index is 11.4. The first-order chi connectivity index (χ1) is 10.5. The summed E-state index contributed by atoms with van der Waals surface area (Å²) in [5.41, 5.74) is 0. The van der Waals surface area contributed by atoms with E-state index >= 15 is 0 Å². The molecule has 0 aromatic rings. The van der Waals surface area contributed by atoms with Crippen molar-refractivity contribution in [2.75, 3.05) is 26.4 Å². The fourth-order valence-electron chi connectivity index (χ4n) is 1.73. The van der Waals surface area contributed by atoms with Crippen LogP contribution in [0.1, 0.15) is 27.2 Å². The summed E-state index contributed by atoms with van der Waals surface area (Å²) in [6, 6.07) is 0.575. The smallest absolute Gasteiger partial charge is 0.463 e. The maximum absolute atomic E-state index is 11.4. The highest BCUT2D eigenvalue weighted by atomic mass is 28.4. The van der Waals surface area contributed by atoms with Crippen LogP contribution >= 0.6 is 0 Å². The summed E-state index contributed by atoms with van der Waals surface area (Å²) in [5, 5.41) is 0. The highest BCUT2D eigenvalue weighted by molar-refractivity contribution is 6.60. The lowest BCUT2D eigenvalue weighted by molar-refractivity contribution is -0.138. The van der Waals surface area contributed by atoms with Crippen molar-refractivity contribution in [1.82, 2.24) is 0 Å². The number of esters is 1. The van der Waals surface area contributed by atoms with Gasteiger partial charge in [-0.25, -0.2) is 4.79 Å². The standard InChI is InChI=1S/C15H26O6Si/c1-5-14(16)10-11-15(17)18-12-9-13-22(19-6-2,20-7-3)21-8-4/h5,10-11H,1,6-9,12-13H2,2-4H3. The van der Waals surface area contributed by atoms with Gasteiger partial charge in [0, 0.05) is 31.9 Å². The number of ether oxygens (including phenoxy) is 1. The molecule has 0 aliphatic carbocycles. The van der Waals surface area contributed by atoms with Gasteiger partial charge >= 0.3 is 14.8 Å². The van der Waals surface area contributed by atoms with Gasteiger partial charge in [0.25, 0.3) is 0 Å². The van der Waals surface area contributed by atoms with Crippen molar-refractivity contribution in [1.29, 1.82) is 0 Å². The molecule has 0 bridgehead atoms. The van der Waals surface area contributed by atoms with Gasteiger partial charge in [0.15, 0.2) is 5.78 Å². The minimum absolute atomic E-state index is 0.216. The first-order valence-electron chi connectivity index (χ1n) is 7.46. The molecule has 0 amide bonds. The van der Waals surface area contributed by atoms with Crippen LogP contribution in [0, 0.1) is 0 Å². The van der Waals surface area contributed by atoms with E-state index in [9.17, 15) is 9.59 Å². The highest BCUT2D eigenvalue weighted by Gasteiger charge is 2.39. The Morgan fingerprint density at radius 2 is 1.55 bits per heavy atom. The number of hydrogen-bond acceptors (Lipinski definition) is 6. The molecular weight excluding hydrogens is 304 g/mol. The first-order valence-corrected chi connectivity index (χ1v) is 9.39. The molecule has 0 spiro atoms. The van der Waals surface area contributed by atoms with Crippen LogP contribution < -0.4 is 0 Å². The molecule has 0 saturated heterocycles. The molecule has 0 atom stereocenters. The van der Waals surface area contributed by atoms with Gasteiger partial charge < -0.3 is 18.0 Å². The fraction of sp³-hybridized carbons (Fsp3) is 0.600. The largest absolute Gasteiger partial charge is 0.501 e. The molecule has 0 radical (unpaired) electrons. The number of carbonyl (C=O) groups is 2. The fourth-order valence-corrected chi connectivity index (χ4v) is 4.31. The zero-order valence-electron chi connectivity index (χ0n) is 13.6. The summed E-state index contributed by atoms with van der Waals surface area (Å²) in [7, 11) is -2.69. The maximum Gasteiger partial charge on any atom is 0.501 e. The molecular formula is C15H26O6Si. The lowest BCUT2D eigenvalue weighted by atomic mass is 10.3. The Labute approximate surface area is 133 Å². The summed E-state index contributed by atoms with van der Waals surface area (Å²) in [6.45, 7) is 10.7. The Hall–Kier alpha value is -1.28. The van der Waals surface area contributed by atoms with Crippen molar-refractivity contribution >= 4 is 20.6 Å². The molecule has 0 aliphatic heterocycles. The zero-order valence-corrected chi connectivity index (χ0v) is 14.6. The molecule has 0 heterocycles. The van der Waals surface area contributed by atoms with E-state index in [0.717, 1.165) is 18.2 Å². The van der Waals surface area contributed by atoms with Gasteiger partial charge in [-0.05, 0) is 39.3 Å². The molecule has 0 aromatic heterocycles. The molecule has 0 rings (SSSR count). The predicted octanol–water partition coefficient (Wildman–Crippen LogP) is 2.28. The number of rotatable bonds is 13. The van der Waals surface area contributed by atoms with Crippen molar-refractivity contribution in [2.45, 2.75) is 33.2 Å². The van der Waals surface area contributed by atoms with E-state index in [2.05, 4.69) is 6.58 Å². The van der Waals surface area contributed by atoms with Gasteiger partial charge in [-0.3, -0.25) is 4.79 Å². The summed E-state index contributed by atoms with van der Waals surface area (Å²) in [4.78, 5) is 22.3. The molecule has 7 heteroatoms. The molecule has 0 saturated carbocycles. The second-order valence-corrected chi connectivity index (χ2v) is 6.92. The minimum atomic E-state index is -2.69. The van der Waals surface area contributed by atoms with E-state index < -0.39 is 14.8 Å². The third-order valence-electron chi connectivity index (χ3n) is 2.55. The first kappa shape index (κ1) is 20.7. The highest BCUT2D eigenvalue weighted by Crippen LogP contribution is 2.18. The van der Waals surface area contributed by atoms with Crippen molar-refractivity contribution in [3.05, 3.63) is 24.8 Å². The second-order valence-electron chi connectivity index (χ2n) is 4.19. The summed E-state index contributed by atoms with van der Waals surface area (Å²) < 4.78 is 22.1. The van der Waals surface area contributed by atoms with Crippen molar-refractivity contribution in [2.24, 2.45) is 0 Å². The monoisotopic (exact) mass is 330 g/mol. The Morgan fingerprint density at radius 3 is 2.00 bits per heavy atom. The van der Waals surface area contributed by atoms with Crippen molar-refractivity contribution in [3.8, 4) is 0 Å². The van der Waals surface area contributed by atoms with Gasteiger partial charge in [-0.2, -0.15) is 0 Å². The van der Waals surface area contributed by atoms with Crippen LogP contribution in [0.4, 0.5) is 0 Å². The molecule has 22 heavy (non-hydrogen) atoms. The van der Waals surface area contributed by atoms with E-state index in [1.54, 1.807) is 0 Å². The third kappa shape index (κ3) is 8.88. The average molecular weight is 330 g/mol. The SMILES string of the molecule is C=CC(=O)C=CC(=O)OCCC[Si](OCC)(OCC)OCC. The van der Waals surface area contributed by atoms with Crippen LogP contribution in [-0.2, 0) is 27.6 Å². The molecule has 126 valence electrons. The number of hydrogen-bond donors (Lipinski definition) is 0. The van der Waals surface area contributed by atoms with E-state index in [-0.39, 0.29) is 12.4 Å². The van der Waals surface area contributed by atoms with Gasteiger partial charge in [-0.15, -0.1) is 0 Å². The van der Waals surface area contributed by atoms with Gasteiger partial charge in [0.2, 0.25) is 0 Å². The van der Waals surface area contributed by atoms with E-state index in [4.69, 9.17) is 18.0 Å².